The molecule has 0 spiro atoms. The number of nitriles is 1. The average Bonchev–Trinajstić information content (AvgIpc) is 2.30. The lowest BCUT2D eigenvalue weighted by Crippen LogP contribution is -2.31. The van der Waals surface area contributed by atoms with Crippen molar-refractivity contribution in [3.63, 3.8) is 0 Å². The van der Waals surface area contributed by atoms with Gasteiger partial charge in [0, 0.05) is 12.2 Å². The summed E-state index contributed by atoms with van der Waals surface area (Å²) in [7, 11) is 1.32. The monoisotopic (exact) mass is 204 g/mol. The van der Waals surface area contributed by atoms with Crippen LogP contribution in [0.25, 0.3) is 0 Å². The SMILES string of the molecule is COC(=O)N(CCC#N)c1ccccc1. The van der Waals surface area contributed by atoms with Crippen LogP contribution in [0.3, 0.4) is 0 Å². The van der Waals surface area contributed by atoms with Gasteiger partial charge in [0.25, 0.3) is 0 Å². The van der Waals surface area contributed by atoms with Gasteiger partial charge < -0.3 is 4.74 Å². The van der Waals surface area contributed by atoms with Crippen LogP contribution in [-0.2, 0) is 4.74 Å². The zero-order chi connectivity index (χ0) is 11.1. The fourth-order valence-electron chi connectivity index (χ4n) is 1.21. The first-order valence-electron chi connectivity index (χ1n) is 4.57. The molecule has 15 heavy (non-hydrogen) atoms. The largest absolute Gasteiger partial charge is 0.452 e. The van der Waals surface area contributed by atoms with E-state index < -0.39 is 6.09 Å². The van der Waals surface area contributed by atoms with Gasteiger partial charge in [0.1, 0.15) is 0 Å². The van der Waals surface area contributed by atoms with Crippen molar-refractivity contribution < 1.29 is 9.53 Å². The summed E-state index contributed by atoms with van der Waals surface area (Å²) in [6, 6.07) is 11.1. The highest BCUT2D eigenvalue weighted by Crippen LogP contribution is 2.14. The van der Waals surface area contributed by atoms with Gasteiger partial charge >= 0.3 is 6.09 Å². The Morgan fingerprint density at radius 1 is 1.47 bits per heavy atom. The van der Waals surface area contributed by atoms with E-state index in [1.54, 1.807) is 12.1 Å². The number of hydrogen-bond acceptors (Lipinski definition) is 3. The van der Waals surface area contributed by atoms with Crippen LogP contribution in [0.4, 0.5) is 10.5 Å². The Kier molecular flexibility index (Phi) is 4.17. The molecule has 0 N–H and O–H groups in total. The van der Waals surface area contributed by atoms with Crippen LogP contribution in [-0.4, -0.2) is 19.7 Å². The molecule has 0 radical (unpaired) electrons. The molecule has 0 fully saturated rings. The number of benzene rings is 1. The molecule has 78 valence electrons. The van der Waals surface area contributed by atoms with Crippen molar-refractivity contribution >= 4 is 11.8 Å². The van der Waals surface area contributed by atoms with Crippen molar-refractivity contribution in [3.05, 3.63) is 30.3 Å². The van der Waals surface area contributed by atoms with Gasteiger partial charge in [-0.05, 0) is 12.1 Å². The van der Waals surface area contributed by atoms with E-state index in [0.717, 1.165) is 5.69 Å². The Labute approximate surface area is 88.7 Å². The van der Waals surface area contributed by atoms with Gasteiger partial charge in [-0.1, -0.05) is 18.2 Å². The fraction of sp³-hybridized carbons (Fsp3) is 0.273. The molecule has 0 aromatic heterocycles. The van der Waals surface area contributed by atoms with E-state index in [0.29, 0.717) is 6.54 Å². The maximum absolute atomic E-state index is 11.4. The average molecular weight is 204 g/mol. The van der Waals surface area contributed by atoms with Crippen molar-refractivity contribution in [2.24, 2.45) is 0 Å². The fourth-order valence-corrected chi connectivity index (χ4v) is 1.21. The van der Waals surface area contributed by atoms with E-state index in [2.05, 4.69) is 4.74 Å². The van der Waals surface area contributed by atoms with Gasteiger partial charge in [0.15, 0.2) is 0 Å². The Balaban J connectivity index is 2.82. The van der Waals surface area contributed by atoms with Crippen LogP contribution in [0.2, 0.25) is 0 Å². The summed E-state index contributed by atoms with van der Waals surface area (Å²) in [4.78, 5) is 12.8. The third-order valence-corrected chi connectivity index (χ3v) is 1.91. The second-order valence-corrected chi connectivity index (χ2v) is 2.87. The van der Waals surface area contributed by atoms with Crippen molar-refractivity contribution in [3.8, 4) is 6.07 Å². The molecule has 0 bridgehead atoms. The molecular formula is C11H12N2O2. The summed E-state index contributed by atoms with van der Waals surface area (Å²) in [6.45, 7) is 0.340. The first-order valence-corrected chi connectivity index (χ1v) is 4.57. The van der Waals surface area contributed by atoms with E-state index in [1.807, 2.05) is 24.3 Å². The molecule has 1 aromatic rings. The predicted molar refractivity (Wildman–Crippen MR) is 56.4 cm³/mol. The molecule has 1 rings (SSSR count). The molecule has 4 heteroatoms. The summed E-state index contributed by atoms with van der Waals surface area (Å²) >= 11 is 0. The third kappa shape index (κ3) is 2.99. The van der Waals surface area contributed by atoms with Crippen LogP contribution < -0.4 is 4.90 Å². The molecule has 1 amide bonds. The zero-order valence-corrected chi connectivity index (χ0v) is 8.51. The number of rotatable bonds is 3. The second-order valence-electron chi connectivity index (χ2n) is 2.87. The maximum Gasteiger partial charge on any atom is 0.414 e. The summed E-state index contributed by atoms with van der Waals surface area (Å²) in [5.74, 6) is 0. The summed E-state index contributed by atoms with van der Waals surface area (Å²) in [6.07, 6.45) is -0.166. The van der Waals surface area contributed by atoms with Gasteiger partial charge in [-0.2, -0.15) is 5.26 Å². The highest BCUT2D eigenvalue weighted by atomic mass is 16.5. The van der Waals surface area contributed by atoms with E-state index in [1.165, 1.54) is 12.0 Å². The minimum atomic E-state index is -0.448. The quantitative estimate of drug-likeness (QED) is 0.758. The molecule has 0 heterocycles. The Morgan fingerprint density at radius 2 is 2.13 bits per heavy atom. The lowest BCUT2D eigenvalue weighted by Gasteiger charge is -2.19. The molecule has 4 nitrogen and oxygen atoms in total. The first kappa shape index (κ1) is 11.1. The van der Waals surface area contributed by atoms with Crippen molar-refractivity contribution in [2.45, 2.75) is 6.42 Å². The number of para-hydroxylation sites is 1. The van der Waals surface area contributed by atoms with Crippen LogP contribution in [0.5, 0.6) is 0 Å². The molecule has 0 aliphatic carbocycles. The molecule has 0 aliphatic rings. The zero-order valence-electron chi connectivity index (χ0n) is 8.51. The molecule has 0 aliphatic heterocycles. The van der Waals surface area contributed by atoms with Crippen molar-refractivity contribution in [2.75, 3.05) is 18.6 Å². The minimum Gasteiger partial charge on any atom is -0.452 e. The predicted octanol–water partition coefficient (Wildman–Crippen LogP) is 2.17. The van der Waals surface area contributed by atoms with Gasteiger partial charge in [-0.15, -0.1) is 0 Å². The number of methoxy groups -OCH3 is 1. The van der Waals surface area contributed by atoms with E-state index in [-0.39, 0.29) is 6.42 Å². The number of amides is 1. The Morgan fingerprint density at radius 3 is 2.67 bits per heavy atom. The molecule has 0 atom stereocenters. The van der Waals surface area contributed by atoms with Gasteiger partial charge in [0.2, 0.25) is 0 Å². The number of nitrogens with zero attached hydrogens (tertiary/aromatic N) is 2. The number of carbonyl (C=O) groups excluding carboxylic acids is 1. The standard InChI is InChI=1S/C11H12N2O2/c1-15-11(14)13(9-5-8-12)10-6-3-2-4-7-10/h2-4,6-7H,5,9H2,1H3. The van der Waals surface area contributed by atoms with E-state index >= 15 is 0 Å². The van der Waals surface area contributed by atoms with E-state index in [4.69, 9.17) is 5.26 Å². The minimum absolute atomic E-state index is 0.282. The lowest BCUT2D eigenvalue weighted by atomic mass is 10.3. The van der Waals surface area contributed by atoms with Gasteiger partial charge in [-0.3, -0.25) is 4.90 Å². The number of hydrogen-bond donors (Lipinski definition) is 0. The molecule has 1 aromatic carbocycles. The Hall–Kier alpha value is -2.02. The topological polar surface area (TPSA) is 53.3 Å². The molecule has 0 saturated carbocycles. The smallest absolute Gasteiger partial charge is 0.414 e. The maximum atomic E-state index is 11.4. The van der Waals surface area contributed by atoms with Gasteiger partial charge in [0.05, 0.1) is 19.6 Å². The number of carbonyl (C=O) groups is 1. The van der Waals surface area contributed by atoms with Crippen LogP contribution in [0.1, 0.15) is 6.42 Å². The molecule has 0 unspecified atom stereocenters. The lowest BCUT2D eigenvalue weighted by molar-refractivity contribution is 0.179. The van der Waals surface area contributed by atoms with Crippen molar-refractivity contribution in [1.82, 2.24) is 0 Å². The summed E-state index contributed by atoms with van der Waals surface area (Å²) < 4.78 is 4.64. The molecular weight excluding hydrogens is 192 g/mol. The molecule has 0 saturated heterocycles. The van der Waals surface area contributed by atoms with Gasteiger partial charge in [-0.25, -0.2) is 4.79 Å². The number of anilines is 1. The highest BCUT2D eigenvalue weighted by Gasteiger charge is 2.14. The third-order valence-electron chi connectivity index (χ3n) is 1.91. The first-order chi connectivity index (χ1) is 7.29. The second kappa shape index (κ2) is 5.66. The van der Waals surface area contributed by atoms with E-state index in [9.17, 15) is 4.79 Å². The summed E-state index contributed by atoms with van der Waals surface area (Å²) in [5.41, 5.74) is 0.736. The number of ether oxygens (including phenoxy) is 1. The highest BCUT2D eigenvalue weighted by molar-refractivity contribution is 5.87. The summed E-state index contributed by atoms with van der Waals surface area (Å²) in [5, 5.41) is 8.49. The van der Waals surface area contributed by atoms with Crippen molar-refractivity contribution in [1.29, 1.82) is 5.26 Å². The normalized spacial score (nSPS) is 9.07. The van der Waals surface area contributed by atoms with Crippen LogP contribution in [0.15, 0.2) is 30.3 Å². The Bertz CT molecular complexity index is 357. The van der Waals surface area contributed by atoms with Crippen LogP contribution in [0, 0.1) is 11.3 Å². The van der Waals surface area contributed by atoms with Crippen LogP contribution >= 0.6 is 0 Å².